The number of ether oxygens (including phenoxy) is 2. The van der Waals surface area contributed by atoms with Crippen molar-refractivity contribution in [3.8, 4) is 0 Å². The lowest BCUT2D eigenvalue weighted by molar-refractivity contribution is -0.160. The Labute approximate surface area is 168 Å². The third kappa shape index (κ3) is 4.05. The molecule has 1 aromatic rings. The molecule has 8 heteroatoms. The maximum Gasteiger partial charge on any atom is 0.330 e. The van der Waals surface area contributed by atoms with E-state index in [0.29, 0.717) is 5.56 Å². The molecule has 28 heavy (non-hydrogen) atoms. The minimum absolute atomic E-state index is 0.219. The quantitative estimate of drug-likeness (QED) is 0.737. The van der Waals surface area contributed by atoms with E-state index in [0.717, 1.165) is 0 Å². The van der Waals surface area contributed by atoms with Gasteiger partial charge in [0.25, 0.3) is 5.56 Å². The van der Waals surface area contributed by atoms with Crippen molar-refractivity contribution in [3.63, 3.8) is 0 Å². The number of aromatic amines is 1. The van der Waals surface area contributed by atoms with Crippen molar-refractivity contribution >= 4 is 8.80 Å². The molecule has 1 aliphatic rings. The summed E-state index contributed by atoms with van der Waals surface area (Å²) in [5.74, 6) is 0. The second-order valence-corrected chi connectivity index (χ2v) is 13.5. The maximum absolute atomic E-state index is 12.7. The highest BCUT2D eigenvalue weighted by Gasteiger charge is 2.62. The largest absolute Gasteiger partial charge is 0.386 e. The van der Waals surface area contributed by atoms with Crippen LogP contribution < -0.4 is 11.2 Å². The Kier molecular flexibility index (Phi) is 5.96. The normalized spacial score (nSPS) is 28.9. The van der Waals surface area contributed by atoms with E-state index in [-0.39, 0.29) is 18.6 Å². The first-order valence-corrected chi connectivity index (χ1v) is 12.8. The van der Waals surface area contributed by atoms with E-state index in [1.54, 1.807) is 13.1 Å². The van der Waals surface area contributed by atoms with E-state index in [1.807, 2.05) is 41.5 Å². The van der Waals surface area contributed by atoms with E-state index in [2.05, 4.69) is 18.1 Å². The first-order valence-electron chi connectivity index (χ1n) is 9.91. The number of aryl methyl sites for hydroxylation is 1. The lowest BCUT2D eigenvalue weighted by atomic mass is 9.72. The van der Waals surface area contributed by atoms with Crippen LogP contribution in [0.2, 0.25) is 13.1 Å². The van der Waals surface area contributed by atoms with Gasteiger partial charge in [-0.15, -0.1) is 0 Å². The molecule has 0 unspecified atom stereocenters. The Bertz CT molecular complexity index is 833. The van der Waals surface area contributed by atoms with Gasteiger partial charge in [-0.3, -0.25) is 14.3 Å². The topological polar surface area (TPSA) is 93.6 Å². The molecule has 0 saturated carbocycles. The first-order chi connectivity index (χ1) is 12.5. The van der Waals surface area contributed by atoms with Crippen LogP contribution in [0.1, 0.15) is 53.5 Å². The smallest absolute Gasteiger partial charge is 0.330 e. The molecule has 0 aliphatic carbocycles. The SMILES string of the molecule is Cc1cn([C@@]2([SiH](C)C)C[C@@](O)(C(C)(C)C)[C@@H](COC(C)(C)C)O2)c(=O)[nH]c1=O. The minimum Gasteiger partial charge on any atom is -0.386 e. The van der Waals surface area contributed by atoms with E-state index < -0.39 is 42.5 Å². The van der Waals surface area contributed by atoms with Gasteiger partial charge >= 0.3 is 5.69 Å². The number of aliphatic hydroxyl groups is 1. The van der Waals surface area contributed by atoms with Crippen molar-refractivity contribution in [1.29, 1.82) is 0 Å². The summed E-state index contributed by atoms with van der Waals surface area (Å²) in [7, 11) is -1.71. The molecular formula is C20H36N2O5Si. The average molecular weight is 413 g/mol. The standard InChI is InChI=1S/C20H36N2O5Si/c1-13-10-22(16(24)21-15(13)23)20(28(8)9)12-19(25,17(2,3)4)14(27-20)11-26-18(5,6)7/h10,14,25,28H,11-12H2,1-9H3,(H,21,23,24)/t14-,19+,20+/m1/s1. The van der Waals surface area contributed by atoms with Gasteiger partial charge in [0.1, 0.15) is 17.1 Å². The Balaban J connectivity index is 2.62. The molecule has 1 aromatic heterocycles. The lowest BCUT2D eigenvalue weighted by Gasteiger charge is -2.41. The van der Waals surface area contributed by atoms with Crippen LogP contribution in [0.15, 0.2) is 15.8 Å². The van der Waals surface area contributed by atoms with E-state index in [1.165, 1.54) is 4.57 Å². The number of nitrogens with zero attached hydrogens (tertiary/aromatic N) is 1. The molecule has 0 amide bonds. The summed E-state index contributed by atoms with van der Waals surface area (Å²) in [6.07, 6.45) is 1.24. The molecule has 1 fully saturated rings. The van der Waals surface area contributed by atoms with Crippen LogP contribution in [0.25, 0.3) is 0 Å². The van der Waals surface area contributed by atoms with Crippen molar-refractivity contribution in [2.75, 3.05) is 6.61 Å². The summed E-state index contributed by atoms with van der Waals surface area (Å²) in [4.78, 5) is 27.0. The van der Waals surface area contributed by atoms with Crippen molar-refractivity contribution in [2.24, 2.45) is 5.41 Å². The molecule has 160 valence electrons. The van der Waals surface area contributed by atoms with Crippen molar-refractivity contribution in [1.82, 2.24) is 9.55 Å². The van der Waals surface area contributed by atoms with E-state index in [4.69, 9.17) is 9.47 Å². The van der Waals surface area contributed by atoms with Crippen LogP contribution in [-0.2, 0) is 14.8 Å². The van der Waals surface area contributed by atoms with Gasteiger partial charge in [0.05, 0.1) is 21.0 Å². The highest BCUT2D eigenvalue weighted by atomic mass is 28.3. The van der Waals surface area contributed by atoms with Gasteiger partial charge in [0.15, 0.2) is 0 Å². The molecule has 2 rings (SSSR count). The monoisotopic (exact) mass is 412 g/mol. The second-order valence-electron chi connectivity index (χ2n) is 10.3. The maximum atomic E-state index is 12.7. The molecule has 7 nitrogen and oxygen atoms in total. The predicted octanol–water partition coefficient (Wildman–Crippen LogP) is 1.90. The van der Waals surface area contributed by atoms with Crippen LogP contribution in [0.4, 0.5) is 0 Å². The number of rotatable bonds is 4. The van der Waals surface area contributed by atoms with Gasteiger partial charge in [-0.25, -0.2) is 4.79 Å². The fourth-order valence-corrected chi connectivity index (χ4v) is 5.64. The number of H-pyrrole nitrogens is 1. The highest BCUT2D eigenvalue weighted by molar-refractivity contribution is 6.58. The molecule has 2 N–H and O–H groups in total. The second kappa shape index (κ2) is 7.23. The first kappa shape index (κ1) is 23.1. The fourth-order valence-electron chi connectivity index (χ4n) is 3.74. The third-order valence-corrected chi connectivity index (χ3v) is 8.22. The molecule has 0 aromatic carbocycles. The predicted molar refractivity (Wildman–Crippen MR) is 113 cm³/mol. The minimum atomic E-state index is -1.71. The van der Waals surface area contributed by atoms with Gasteiger partial charge < -0.3 is 14.6 Å². The van der Waals surface area contributed by atoms with Gasteiger partial charge in [-0.1, -0.05) is 33.9 Å². The molecule has 0 bridgehead atoms. The highest BCUT2D eigenvalue weighted by Crippen LogP contribution is 2.50. The van der Waals surface area contributed by atoms with Crippen LogP contribution in [0.3, 0.4) is 0 Å². The van der Waals surface area contributed by atoms with E-state index in [9.17, 15) is 14.7 Å². The molecule has 2 heterocycles. The molecule has 1 aliphatic heterocycles. The zero-order valence-corrected chi connectivity index (χ0v) is 19.8. The number of aromatic nitrogens is 2. The van der Waals surface area contributed by atoms with Gasteiger partial charge in [0.2, 0.25) is 0 Å². The summed E-state index contributed by atoms with van der Waals surface area (Å²) in [6.45, 7) is 17.8. The van der Waals surface area contributed by atoms with Crippen LogP contribution in [0.5, 0.6) is 0 Å². The van der Waals surface area contributed by atoms with Crippen LogP contribution >= 0.6 is 0 Å². The third-order valence-electron chi connectivity index (χ3n) is 5.80. The number of hydrogen-bond donors (Lipinski definition) is 2. The Morgan fingerprint density at radius 3 is 2.32 bits per heavy atom. The van der Waals surface area contributed by atoms with Crippen molar-refractivity contribution in [3.05, 3.63) is 32.6 Å². The van der Waals surface area contributed by atoms with Crippen molar-refractivity contribution < 1.29 is 14.6 Å². The molecule has 3 atom stereocenters. The van der Waals surface area contributed by atoms with Crippen LogP contribution in [0, 0.1) is 12.3 Å². The summed E-state index contributed by atoms with van der Waals surface area (Å²) < 4.78 is 14.0. The average Bonchev–Trinajstić information content (AvgIpc) is 2.83. The van der Waals surface area contributed by atoms with Gasteiger partial charge in [-0.2, -0.15) is 0 Å². The zero-order valence-electron chi connectivity index (χ0n) is 18.7. The molecule has 0 spiro atoms. The fraction of sp³-hybridized carbons (Fsp3) is 0.800. The lowest BCUT2D eigenvalue weighted by Crippen LogP contribution is -2.54. The molecular weight excluding hydrogens is 376 g/mol. The summed E-state index contributed by atoms with van der Waals surface area (Å²) in [5, 5.41) is 10.8. The van der Waals surface area contributed by atoms with Gasteiger partial charge in [0, 0.05) is 18.2 Å². The Morgan fingerprint density at radius 2 is 1.86 bits per heavy atom. The number of nitrogens with one attached hydrogen (secondary N) is 1. The summed E-state index contributed by atoms with van der Waals surface area (Å²) in [5.41, 5.74) is -2.55. The number of hydrogen-bond acceptors (Lipinski definition) is 5. The van der Waals surface area contributed by atoms with Crippen molar-refractivity contribution in [2.45, 2.75) is 90.6 Å². The van der Waals surface area contributed by atoms with E-state index >= 15 is 0 Å². The molecule has 0 radical (unpaired) electrons. The van der Waals surface area contributed by atoms with Crippen LogP contribution in [-0.4, -0.2) is 47.4 Å². The zero-order chi connectivity index (χ0) is 21.7. The summed E-state index contributed by atoms with van der Waals surface area (Å²) in [6, 6.07) is 0. The van der Waals surface area contributed by atoms with Gasteiger partial charge in [-0.05, 0) is 33.1 Å². The summed E-state index contributed by atoms with van der Waals surface area (Å²) >= 11 is 0. The Morgan fingerprint density at radius 1 is 1.29 bits per heavy atom. The molecule has 1 saturated heterocycles. The Hall–Kier alpha value is -1.22.